The van der Waals surface area contributed by atoms with Crippen LogP contribution in [-0.2, 0) is 9.59 Å². The van der Waals surface area contributed by atoms with E-state index in [4.69, 9.17) is 0 Å². The zero-order chi connectivity index (χ0) is 19.7. The Kier molecular flexibility index (Phi) is 5.56. The van der Waals surface area contributed by atoms with Gasteiger partial charge in [0.25, 0.3) is 11.8 Å². The number of benzene rings is 1. The number of carbonyl (C=O) groups is 2. The van der Waals surface area contributed by atoms with Crippen LogP contribution in [0.1, 0.15) is 69.4 Å². The highest BCUT2D eigenvalue weighted by Crippen LogP contribution is 2.37. The molecule has 2 amide bonds. The number of hydrogen-bond acceptors (Lipinski definition) is 3. The lowest BCUT2D eigenvalue weighted by Crippen LogP contribution is -2.43. The van der Waals surface area contributed by atoms with Gasteiger partial charge in [0, 0.05) is 19.1 Å². The number of amides is 2. The van der Waals surface area contributed by atoms with Crippen molar-refractivity contribution in [2.24, 2.45) is 5.92 Å². The fourth-order valence-corrected chi connectivity index (χ4v) is 5.05. The summed E-state index contributed by atoms with van der Waals surface area (Å²) in [6.07, 6.45) is 8.80. The van der Waals surface area contributed by atoms with Crippen molar-refractivity contribution >= 4 is 17.4 Å². The highest BCUT2D eigenvalue weighted by atomic mass is 16.2. The van der Waals surface area contributed by atoms with E-state index in [2.05, 4.69) is 11.8 Å². The molecule has 2 aliphatic heterocycles. The summed E-state index contributed by atoms with van der Waals surface area (Å²) in [7, 11) is 0. The number of piperidine rings is 1. The summed E-state index contributed by atoms with van der Waals surface area (Å²) >= 11 is 0. The molecule has 1 aliphatic carbocycles. The summed E-state index contributed by atoms with van der Waals surface area (Å²) in [6.45, 7) is 6.02. The molecule has 4 heteroatoms. The van der Waals surface area contributed by atoms with E-state index < -0.39 is 0 Å². The molecular weight excluding hydrogens is 348 g/mol. The van der Waals surface area contributed by atoms with Crippen LogP contribution in [-0.4, -0.2) is 40.7 Å². The van der Waals surface area contributed by atoms with Gasteiger partial charge in [0.1, 0.15) is 5.70 Å². The quantitative estimate of drug-likeness (QED) is 0.571. The highest BCUT2D eigenvalue weighted by molar-refractivity contribution is 6.35. The number of nitrogens with zero attached hydrogens (tertiary/aromatic N) is 2. The van der Waals surface area contributed by atoms with Gasteiger partial charge in [-0.2, -0.15) is 0 Å². The second-order valence-corrected chi connectivity index (χ2v) is 8.91. The van der Waals surface area contributed by atoms with E-state index in [0.29, 0.717) is 17.2 Å². The minimum atomic E-state index is -0.0750. The molecule has 0 spiro atoms. The first-order valence-electron chi connectivity index (χ1n) is 11.0. The number of rotatable bonds is 3. The number of imide groups is 1. The topological polar surface area (TPSA) is 40.6 Å². The molecule has 150 valence electrons. The molecule has 1 unspecified atom stereocenters. The molecule has 0 aromatic heterocycles. The Bertz CT molecular complexity index is 772. The molecule has 0 N–H and O–H groups in total. The first kappa shape index (κ1) is 19.2. The molecule has 1 saturated heterocycles. The van der Waals surface area contributed by atoms with Crippen LogP contribution in [0, 0.1) is 12.8 Å². The first-order valence-corrected chi connectivity index (χ1v) is 11.0. The van der Waals surface area contributed by atoms with Crippen molar-refractivity contribution in [3.63, 3.8) is 0 Å². The third-order valence-corrected chi connectivity index (χ3v) is 6.59. The van der Waals surface area contributed by atoms with Crippen molar-refractivity contribution in [3.05, 3.63) is 41.1 Å². The molecule has 2 fully saturated rings. The standard InChI is InChI=1S/C24H32N2O2/c1-17-11-13-19(14-12-17)21-22(25-15-7-8-18(2)16-25)24(28)26(23(21)27)20-9-5-3-4-6-10-20/h11-14,18,20H,3-10,15-16H2,1-2H3. The maximum atomic E-state index is 13.6. The third-order valence-electron chi connectivity index (χ3n) is 6.59. The molecule has 1 saturated carbocycles. The van der Waals surface area contributed by atoms with Gasteiger partial charge >= 0.3 is 0 Å². The van der Waals surface area contributed by atoms with Crippen molar-refractivity contribution < 1.29 is 9.59 Å². The summed E-state index contributed by atoms with van der Waals surface area (Å²) in [6, 6.07) is 8.12. The summed E-state index contributed by atoms with van der Waals surface area (Å²) < 4.78 is 0. The number of carbonyl (C=O) groups excluding carboxylic acids is 2. The van der Waals surface area contributed by atoms with E-state index in [1.807, 2.05) is 31.2 Å². The predicted octanol–water partition coefficient (Wildman–Crippen LogP) is 4.53. The molecule has 28 heavy (non-hydrogen) atoms. The van der Waals surface area contributed by atoms with Crippen LogP contribution in [0.4, 0.5) is 0 Å². The second-order valence-electron chi connectivity index (χ2n) is 8.91. The van der Waals surface area contributed by atoms with Crippen molar-refractivity contribution in [1.82, 2.24) is 9.80 Å². The molecule has 1 atom stereocenters. The van der Waals surface area contributed by atoms with Gasteiger partial charge in [-0.15, -0.1) is 0 Å². The molecule has 0 bridgehead atoms. The number of aryl methyl sites for hydroxylation is 1. The van der Waals surface area contributed by atoms with Crippen LogP contribution >= 0.6 is 0 Å². The maximum absolute atomic E-state index is 13.6. The summed E-state index contributed by atoms with van der Waals surface area (Å²) in [5, 5.41) is 0. The van der Waals surface area contributed by atoms with Crippen LogP contribution in [0.2, 0.25) is 0 Å². The van der Waals surface area contributed by atoms with E-state index >= 15 is 0 Å². The van der Waals surface area contributed by atoms with Crippen molar-refractivity contribution in [2.75, 3.05) is 13.1 Å². The van der Waals surface area contributed by atoms with Gasteiger partial charge in [0.05, 0.1) is 5.57 Å². The lowest BCUT2D eigenvalue weighted by atomic mass is 9.97. The smallest absolute Gasteiger partial charge is 0.278 e. The van der Waals surface area contributed by atoms with Crippen LogP contribution in [0.25, 0.3) is 5.57 Å². The summed E-state index contributed by atoms with van der Waals surface area (Å²) in [5.41, 5.74) is 3.33. The second kappa shape index (κ2) is 8.10. The Morgan fingerprint density at radius 1 is 0.857 bits per heavy atom. The van der Waals surface area contributed by atoms with Gasteiger partial charge in [-0.25, -0.2) is 0 Å². The van der Waals surface area contributed by atoms with E-state index in [-0.39, 0.29) is 17.9 Å². The molecule has 0 radical (unpaired) electrons. The molecule has 3 aliphatic rings. The fraction of sp³-hybridized carbons (Fsp3) is 0.583. The largest absolute Gasteiger partial charge is 0.366 e. The third kappa shape index (κ3) is 3.61. The van der Waals surface area contributed by atoms with Gasteiger partial charge in [-0.05, 0) is 44.1 Å². The zero-order valence-electron chi connectivity index (χ0n) is 17.2. The average molecular weight is 381 g/mol. The summed E-state index contributed by atoms with van der Waals surface area (Å²) in [5.74, 6) is 0.422. The van der Waals surface area contributed by atoms with Crippen molar-refractivity contribution in [2.45, 2.75) is 71.3 Å². The monoisotopic (exact) mass is 380 g/mol. The van der Waals surface area contributed by atoms with Gasteiger partial charge in [-0.3, -0.25) is 14.5 Å². The molecular formula is C24H32N2O2. The van der Waals surface area contributed by atoms with Gasteiger partial charge in [0.2, 0.25) is 0 Å². The van der Waals surface area contributed by atoms with E-state index in [9.17, 15) is 9.59 Å². The lowest BCUT2D eigenvalue weighted by molar-refractivity contribution is -0.140. The summed E-state index contributed by atoms with van der Waals surface area (Å²) in [4.78, 5) is 31.0. The SMILES string of the molecule is Cc1ccc(C2=C(N3CCCC(C)C3)C(=O)N(C3CCCCCC3)C2=O)cc1. The number of hydrogen-bond donors (Lipinski definition) is 0. The fourth-order valence-electron chi connectivity index (χ4n) is 5.05. The Morgan fingerprint density at radius 3 is 2.18 bits per heavy atom. The Morgan fingerprint density at radius 2 is 1.54 bits per heavy atom. The van der Waals surface area contributed by atoms with Crippen LogP contribution in [0.3, 0.4) is 0 Å². The molecule has 2 heterocycles. The minimum absolute atomic E-state index is 0.0541. The predicted molar refractivity (Wildman–Crippen MR) is 111 cm³/mol. The minimum Gasteiger partial charge on any atom is -0.366 e. The normalized spacial score (nSPS) is 24.9. The van der Waals surface area contributed by atoms with Crippen molar-refractivity contribution in [3.8, 4) is 0 Å². The van der Waals surface area contributed by atoms with E-state index in [0.717, 1.165) is 56.3 Å². The Labute approximate surface area is 168 Å². The van der Waals surface area contributed by atoms with E-state index in [1.165, 1.54) is 19.3 Å². The van der Waals surface area contributed by atoms with Gasteiger partial charge in [-0.1, -0.05) is 62.4 Å². The highest BCUT2D eigenvalue weighted by Gasteiger charge is 2.45. The Balaban J connectivity index is 1.74. The van der Waals surface area contributed by atoms with Crippen LogP contribution < -0.4 is 0 Å². The number of likely N-dealkylation sites (tertiary alicyclic amines) is 1. The lowest BCUT2D eigenvalue weighted by Gasteiger charge is -2.34. The Hall–Kier alpha value is -2.10. The van der Waals surface area contributed by atoms with Crippen LogP contribution in [0.15, 0.2) is 30.0 Å². The van der Waals surface area contributed by atoms with Gasteiger partial charge < -0.3 is 4.90 Å². The molecule has 4 nitrogen and oxygen atoms in total. The first-order chi connectivity index (χ1) is 13.6. The van der Waals surface area contributed by atoms with Crippen molar-refractivity contribution in [1.29, 1.82) is 0 Å². The van der Waals surface area contributed by atoms with E-state index in [1.54, 1.807) is 4.90 Å². The van der Waals surface area contributed by atoms with Gasteiger partial charge in [0.15, 0.2) is 0 Å². The average Bonchev–Trinajstić information content (AvgIpc) is 2.84. The zero-order valence-corrected chi connectivity index (χ0v) is 17.2. The maximum Gasteiger partial charge on any atom is 0.278 e. The van der Waals surface area contributed by atoms with Crippen LogP contribution in [0.5, 0.6) is 0 Å². The molecule has 1 aromatic carbocycles. The molecule has 1 aromatic rings. The molecule has 4 rings (SSSR count).